The number of amides is 2. The number of ether oxygens (including phenoxy) is 1. The Morgan fingerprint density at radius 1 is 1.06 bits per heavy atom. The lowest BCUT2D eigenvalue weighted by atomic mass is 10.2. The van der Waals surface area contributed by atoms with E-state index < -0.39 is 0 Å². The molecule has 3 heterocycles. The summed E-state index contributed by atoms with van der Waals surface area (Å²) in [6.07, 6.45) is 3.85. The van der Waals surface area contributed by atoms with Crippen LogP contribution in [0.4, 0.5) is 16.3 Å². The van der Waals surface area contributed by atoms with E-state index in [1.54, 1.807) is 22.6 Å². The largest absolute Gasteiger partial charge is 0.462 e. The Hall–Kier alpha value is -4.02. The van der Waals surface area contributed by atoms with Crippen molar-refractivity contribution in [2.24, 2.45) is 0 Å². The molecule has 0 unspecified atom stereocenters. The molecule has 166 valence electrons. The lowest BCUT2D eigenvalue weighted by Crippen LogP contribution is -2.38. The smallest absolute Gasteiger partial charge is 0.339 e. The van der Waals surface area contributed by atoms with Crippen molar-refractivity contribution >= 4 is 23.5 Å². The fraction of sp³-hybridized carbons (Fsp3) is 0.333. The maximum Gasteiger partial charge on any atom is 0.339 e. The van der Waals surface area contributed by atoms with Crippen molar-refractivity contribution in [2.45, 2.75) is 13.3 Å². The zero-order chi connectivity index (χ0) is 22.3. The van der Waals surface area contributed by atoms with Crippen LogP contribution in [0.5, 0.6) is 0 Å². The summed E-state index contributed by atoms with van der Waals surface area (Å²) < 4.78 is 6.54. The van der Waals surface area contributed by atoms with Crippen LogP contribution in [0.15, 0.2) is 48.9 Å². The van der Waals surface area contributed by atoms with Crippen molar-refractivity contribution in [2.75, 3.05) is 43.0 Å². The highest BCUT2D eigenvalue weighted by molar-refractivity contribution is 5.90. The number of anilines is 2. The number of esters is 1. The number of urea groups is 1. The van der Waals surface area contributed by atoms with Gasteiger partial charge in [0.1, 0.15) is 12.1 Å². The predicted molar refractivity (Wildman–Crippen MR) is 117 cm³/mol. The summed E-state index contributed by atoms with van der Waals surface area (Å²) in [5.41, 5.74) is 1.93. The highest BCUT2D eigenvalue weighted by Crippen LogP contribution is 2.17. The van der Waals surface area contributed by atoms with E-state index in [9.17, 15) is 9.59 Å². The van der Waals surface area contributed by atoms with Crippen LogP contribution >= 0.6 is 0 Å². The molecular weight excluding hydrogens is 412 g/mol. The number of nitrogens with one attached hydrogen (secondary N) is 1. The summed E-state index contributed by atoms with van der Waals surface area (Å²) >= 11 is 0. The fourth-order valence-corrected chi connectivity index (χ4v) is 3.44. The third-order valence-electron chi connectivity index (χ3n) is 5.10. The first-order chi connectivity index (χ1) is 15.6. The molecule has 3 aromatic rings. The zero-order valence-electron chi connectivity index (χ0n) is 17.7. The SMILES string of the molecule is CCOC(=O)c1ccc(N2CCCN(C(=O)Nc3ccc(-n4cnnn4)cc3)CC2)nc1. The molecule has 1 aliphatic heterocycles. The minimum Gasteiger partial charge on any atom is -0.462 e. The van der Waals surface area contributed by atoms with E-state index in [-0.39, 0.29) is 12.0 Å². The van der Waals surface area contributed by atoms with Crippen LogP contribution < -0.4 is 10.2 Å². The lowest BCUT2D eigenvalue weighted by molar-refractivity contribution is 0.0526. The number of hydrogen-bond donors (Lipinski definition) is 1. The van der Waals surface area contributed by atoms with Crippen molar-refractivity contribution in [3.8, 4) is 5.69 Å². The molecule has 1 saturated heterocycles. The van der Waals surface area contributed by atoms with Crippen molar-refractivity contribution in [3.63, 3.8) is 0 Å². The second-order valence-electron chi connectivity index (χ2n) is 7.18. The molecule has 1 fully saturated rings. The Morgan fingerprint density at radius 3 is 2.59 bits per heavy atom. The van der Waals surface area contributed by atoms with Crippen LogP contribution in [-0.4, -0.2) is 74.9 Å². The van der Waals surface area contributed by atoms with Crippen LogP contribution in [0.3, 0.4) is 0 Å². The highest BCUT2D eigenvalue weighted by atomic mass is 16.5. The fourth-order valence-electron chi connectivity index (χ4n) is 3.44. The number of rotatable bonds is 5. The Kier molecular flexibility index (Phi) is 6.54. The maximum absolute atomic E-state index is 12.7. The maximum atomic E-state index is 12.7. The van der Waals surface area contributed by atoms with E-state index in [1.807, 2.05) is 30.3 Å². The second-order valence-corrected chi connectivity index (χ2v) is 7.18. The summed E-state index contributed by atoms with van der Waals surface area (Å²) in [5, 5.41) is 14.0. The predicted octanol–water partition coefficient (Wildman–Crippen LogP) is 1.98. The molecule has 2 amide bonds. The molecule has 0 atom stereocenters. The van der Waals surface area contributed by atoms with Gasteiger partial charge in [0.15, 0.2) is 0 Å². The molecule has 11 nitrogen and oxygen atoms in total. The van der Waals surface area contributed by atoms with Crippen LogP contribution in [0.2, 0.25) is 0 Å². The summed E-state index contributed by atoms with van der Waals surface area (Å²) in [5.74, 6) is 0.398. The highest BCUT2D eigenvalue weighted by Gasteiger charge is 2.20. The van der Waals surface area contributed by atoms with E-state index in [1.165, 1.54) is 12.5 Å². The van der Waals surface area contributed by atoms with Crippen molar-refractivity contribution < 1.29 is 14.3 Å². The second kappa shape index (κ2) is 9.86. The van der Waals surface area contributed by atoms with E-state index in [0.717, 1.165) is 24.5 Å². The number of carbonyl (C=O) groups is 2. The third kappa shape index (κ3) is 4.99. The van der Waals surface area contributed by atoms with Gasteiger partial charge in [-0.25, -0.2) is 19.3 Å². The van der Waals surface area contributed by atoms with Gasteiger partial charge >= 0.3 is 12.0 Å². The van der Waals surface area contributed by atoms with Crippen LogP contribution in [0.1, 0.15) is 23.7 Å². The number of tetrazole rings is 1. The Labute approximate surface area is 185 Å². The Bertz CT molecular complexity index is 1040. The standard InChI is InChI=1S/C21H24N8O3/c1-2-32-20(30)16-4-9-19(22-14-16)27-10-3-11-28(13-12-27)21(31)24-17-5-7-18(8-6-17)29-15-23-25-26-29/h4-9,14-15H,2-3,10-13H2,1H3,(H,24,31). The molecule has 0 aliphatic carbocycles. The van der Waals surface area contributed by atoms with Crippen molar-refractivity contribution in [1.29, 1.82) is 0 Å². The summed E-state index contributed by atoms with van der Waals surface area (Å²) in [6.45, 7) is 4.73. The van der Waals surface area contributed by atoms with Crippen molar-refractivity contribution in [3.05, 3.63) is 54.5 Å². The molecule has 32 heavy (non-hydrogen) atoms. The third-order valence-corrected chi connectivity index (χ3v) is 5.10. The summed E-state index contributed by atoms with van der Waals surface area (Å²) in [7, 11) is 0. The zero-order valence-corrected chi connectivity index (χ0v) is 17.7. The number of benzene rings is 1. The monoisotopic (exact) mass is 436 g/mol. The van der Waals surface area contributed by atoms with Gasteiger partial charge < -0.3 is 19.9 Å². The average molecular weight is 436 g/mol. The first kappa shape index (κ1) is 21.2. The number of carbonyl (C=O) groups excluding carboxylic acids is 2. The summed E-state index contributed by atoms with van der Waals surface area (Å²) in [4.78, 5) is 32.9. The lowest BCUT2D eigenvalue weighted by Gasteiger charge is -2.23. The number of aromatic nitrogens is 5. The number of nitrogens with zero attached hydrogens (tertiary/aromatic N) is 7. The molecule has 1 N–H and O–H groups in total. The topological polar surface area (TPSA) is 118 Å². The molecule has 0 saturated carbocycles. The molecule has 11 heteroatoms. The van der Waals surface area contributed by atoms with E-state index in [2.05, 4.69) is 30.7 Å². The van der Waals surface area contributed by atoms with E-state index in [4.69, 9.17) is 4.74 Å². The van der Waals surface area contributed by atoms with Gasteiger partial charge in [-0.3, -0.25) is 0 Å². The van der Waals surface area contributed by atoms with Gasteiger partial charge in [-0.1, -0.05) is 0 Å². The molecule has 2 aromatic heterocycles. The molecule has 0 bridgehead atoms. The molecule has 0 radical (unpaired) electrons. The normalized spacial score (nSPS) is 14.0. The van der Waals surface area contributed by atoms with Gasteiger partial charge in [0, 0.05) is 38.1 Å². The van der Waals surface area contributed by atoms with Crippen LogP contribution in [-0.2, 0) is 4.74 Å². The Morgan fingerprint density at radius 2 is 1.91 bits per heavy atom. The van der Waals surface area contributed by atoms with Gasteiger partial charge in [0.25, 0.3) is 0 Å². The van der Waals surface area contributed by atoms with Crippen LogP contribution in [0.25, 0.3) is 5.69 Å². The van der Waals surface area contributed by atoms with E-state index in [0.29, 0.717) is 37.5 Å². The van der Waals surface area contributed by atoms with Gasteiger partial charge in [0.2, 0.25) is 0 Å². The Balaban J connectivity index is 1.32. The van der Waals surface area contributed by atoms with E-state index >= 15 is 0 Å². The van der Waals surface area contributed by atoms with Gasteiger partial charge in [-0.05, 0) is 60.2 Å². The molecular formula is C21H24N8O3. The summed E-state index contributed by atoms with van der Waals surface area (Å²) in [6, 6.07) is 10.7. The average Bonchev–Trinajstić information content (AvgIpc) is 3.24. The van der Waals surface area contributed by atoms with Gasteiger partial charge in [-0.2, -0.15) is 0 Å². The first-order valence-electron chi connectivity index (χ1n) is 10.4. The molecule has 1 aromatic carbocycles. The molecule has 4 rings (SSSR count). The molecule has 1 aliphatic rings. The molecule has 0 spiro atoms. The quantitative estimate of drug-likeness (QED) is 0.603. The minimum atomic E-state index is -0.378. The van der Waals surface area contributed by atoms with Gasteiger partial charge in [-0.15, -0.1) is 5.10 Å². The minimum absolute atomic E-state index is 0.146. The first-order valence-corrected chi connectivity index (χ1v) is 10.4. The van der Waals surface area contributed by atoms with Crippen LogP contribution in [0, 0.1) is 0 Å². The number of pyridine rings is 1. The number of hydrogen-bond acceptors (Lipinski definition) is 8. The van der Waals surface area contributed by atoms with Crippen molar-refractivity contribution in [1.82, 2.24) is 30.1 Å². The van der Waals surface area contributed by atoms with Gasteiger partial charge in [0.05, 0.1) is 17.9 Å².